The molecular weight excluding hydrogens is 450 g/mol. The summed E-state index contributed by atoms with van der Waals surface area (Å²) in [7, 11) is 0. The van der Waals surface area contributed by atoms with Gasteiger partial charge in [-0.1, -0.05) is 60.7 Å². The predicted octanol–water partition coefficient (Wildman–Crippen LogP) is 3.17. The number of amides is 2. The van der Waals surface area contributed by atoms with E-state index in [1.165, 1.54) is 0 Å². The lowest BCUT2D eigenvalue weighted by molar-refractivity contribution is -0.127. The van der Waals surface area contributed by atoms with E-state index in [0.717, 1.165) is 11.1 Å². The molecule has 0 spiro atoms. The molecule has 1 fully saturated rings. The van der Waals surface area contributed by atoms with Crippen molar-refractivity contribution < 1.29 is 19.4 Å². The Balaban J connectivity index is 1.64. The van der Waals surface area contributed by atoms with Crippen molar-refractivity contribution in [3.05, 3.63) is 71.8 Å². The molecule has 2 aromatic rings. The summed E-state index contributed by atoms with van der Waals surface area (Å²) in [5, 5.41) is 17.0. The third-order valence-corrected chi connectivity index (χ3v) is 6.54. The summed E-state index contributed by atoms with van der Waals surface area (Å²) in [4.78, 5) is 27.3. The number of alkyl carbamates (subject to hydrolysis) is 1. The van der Waals surface area contributed by atoms with Gasteiger partial charge in [0, 0.05) is 23.7 Å². The highest BCUT2D eigenvalue weighted by molar-refractivity contribution is 7.99. The first-order valence-corrected chi connectivity index (χ1v) is 12.7. The number of aliphatic hydroxyl groups excluding tert-OH is 1. The molecule has 2 amide bonds. The van der Waals surface area contributed by atoms with E-state index in [1.54, 1.807) is 11.8 Å². The van der Waals surface area contributed by atoms with Gasteiger partial charge in [-0.3, -0.25) is 9.69 Å². The first-order chi connectivity index (χ1) is 16.2. The molecule has 7 nitrogen and oxygen atoms in total. The third-order valence-electron chi connectivity index (χ3n) is 5.47. The van der Waals surface area contributed by atoms with E-state index in [1.807, 2.05) is 86.3 Å². The number of rotatable bonds is 9. The van der Waals surface area contributed by atoms with Gasteiger partial charge in [0.25, 0.3) is 0 Å². The molecule has 0 saturated carbocycles. The first-order valence-electron chi connectivity index (χ1n) is 11.5. The Morgan fingerprint density at radius 3 is 2.32 bits per heavy atom. The van der Waals surface area contributed by atoms with Crippen LogP contribution in [0.3, 0.4) is 0 Å². The largest absolute Gasteiger partial charge is 0.445 e. The summed E-state index contributed by atoms with van der Waals surface area (Å²) < 4.78 is 5.39. The molecule has 1 saturated heterocycles. The number of carbonyl (C=O) groups is 2. The minimum Gasteiger partial charge on any atom is -0.445 e. The molecule has 0 radical (unpaired) electrons. The molecule has 2 aromatic carbocycles. The van der Waals surface area contributed by atoms with Crippen molar-refractivity contribution in [2.24, 2.45) is 0 Å². The number of β-amino-alcohol motifs (C(OH)–C–C–N with tert-alkyl or cyclic N) is 1. The highest BCUT2D eigenvalue weighted by Crippen LogP contribution is 2.23. The van der Waals surface area contributed by atoms with Crippen LogP contribution in [0.15, 0.2) is 60.7 Å². The van der Waals surface area contributed by atoms with E-state index in [-0.39, 0.29) is 30.6 Å². The number of ether oxygens (including phenoxy) is 1. The smallest absolute Gasteiger partial charge is 0.407 e. The number of nitrogens with zero attached hydrogens (tertiary/aromatic N) is 1. The fourth-order valence-corrected chi connectivity index (χ4v) is 5.00. The van der Waals surface area contributed by atoms with Crippen molar-refractivity contribution in [1.82, 2.24) is 15.5 Å². The van der Waals surface area contributed by atoms with Crippen LogP contribution in [0.1, 0.15) is 31.9 Å². The normalized spacial score (nSPS) is 18.2. The first kappa shape index (κ1) is 26.1. The second kappa shape index (κ2) is 12.2. The topological polar surface area (TPSA) is 90.9 Å². The molecule has 0 aromatic heterocycles. The van der Waals surface area contributed by atoms with Gasteiger partial charge in [-0.25, -0.2) is 4.79 Å². The number of benzene rings is 2. The summed E-state index contributed by atoms with van der Waals surface area (Å²) in [6.45, 7) is 6.28. The number of thioether (sulfide) groups is 1. The van der Waals surface area contributed by atoms with Crippen molar-refractivity contribution in [1.29, 1.82) is 0 Å². The molecule has 0 bridgehead atoms. The van der Waals surface area contributed by atoms with Crippen LogP contribution in [0.5, 0.6) is 0 Å². The van der Waals surface area contributed by atoms with Crippen molar-refractivity contribution in [2.45, 2.75) is 57.5 Å². The van der Waals surface area contributed by atoms with Crippen LogP contribution in [0.4, 0.5) is 4.79 Å². The Hall–Kier alpha value is -2.55. The van der Waals surface area contributed by atoms with E-state index in [0.29, 0.717) is 18.1 Å². The number of carbonyl (C=O) groups excluding carboxylic acids is 2. The molecule has 0 aliphatic carbocycles. The SMILES string of the molecule is CC(C)(C)NC(=O)[C@@H]1CSCN1C[C@@H](O)[C@H](Cc1ccccc1)NC(=O)OCc1ccccc1. The zero-order chi connectivity index (χ0) is 24.6. The molecule has 3 rings (SSSR count). The van der Waals surface area contributed by atoms with Gasteiger partial charge in [0.1, 0.15) is 6.61 Å². The lowest BCUT2D eigenvalue weighted by Crippen LogP contribution is -2.55. The highest BCUT2D eigenvalue weighted by Gasteiger charge is 2.35. The maximum atomic E-state index is 12.8. The molecule has 3 atom stereocenters. The second-order valence-electron chi connectivity index (χ2n) is 9.60. The summed E-state index contributed by atoms with van der Waals surface area (Å²) in [6.07, 6.45) is -1.02. The van der Waals surface area contributed by atoms with Crippen LogP contribution in [0, 0.1) is 0 Å². The van der Waals surface area contributed by atoms with Crippen LogP contribution >= 0.6 is 11.8 Å². The minimum absolute atomic E-state index is 0.0421. The fraction of sp³-hybridized carbons (Fsp3) is 0.462. The van der Waals surface area contributed by atoms with Crippen molar-refractivity contribution >= 4 is 23.8 Å². The lowest BCUT2D eigenvalue weighted by atomic mass is 10.0. The van der Waals surface area contributed by atoms with Crippen molar-refractivity contribution in [2.75, 3.05) is 18.2 Å². The van der Waals surface area contributed by atoms with Gasteiger partial charge in [0.05, 0.1) is 18.2 Å². The van der Waals surface area contributed by atoms with Gasteiger partial charge >= 0.3 is 6.09 Å². The maximum absolute atomic E-state index is 12.8. The average molecular weight is 486 g/mol. The Morgan fingerprint density at radius 1 is 1.09 bits per heavy atom. The van der Waals surface area contributed by atoms with Gasteiger partial charge in [-0.2, -0.15) is 0 Å². The molecule has 1 aliphatic rings. The highest BCUT2D eigenvalue weighted by atomic mass is 32.2. The van der Waals surface area contributed by atoms with Crippen LogP contribution in [-0.4, -0.2) is 63.9 Å². The van der Waals surface area contributed by atoms with E-state index >= 15 is 0 Å². The van der Waals surface area contributed by atoms with E-state index < -0.39 is 18.2 Å². The number of hydrogen-bond acceptors (Lipinski definition) is 6. The third kappa shape index (κ3) is 8.34. The quantitative estimate of drug-likeness (QED) is 0.506. The van der Waals surface area contributed by atoms with Crippen LogP contribution in [0.25, 0.3) is 0 Å². The van der Waals surface area contributed by atoms with Gasteiger partial charge in [-0.15, -0.1) is 11.8 Å². The fourth-order valence-electron chi connectivity index (χ4n) is 3.79. The van der Waals surface area contributed by atoms with E-state index in [2.05, 4.69) is 10.6 Å². The molecule has 3 N–H and O–H groups in total. The summed E-state index contributed by atoms with van der Waals surface area (Å²) in [5.41, 5.74) is 1.56. The number of aliphatic hydroxyl groups is 1. The van der Waals surface area contributed by atoms with Crippen LogP contribution in [0.2, 0.25) is 0 Å². The predicted molar refractivity (Wildman–Crippen MR) is 135 cm³/mol. The molecule has 184 valence electrons. The van der Waals surface area contributed by atoms with Crippen molar-refractivity contribution in [3.63, 3.8) is 0 Å². The Kier molecular flexibility index (Phi) is 9.38. The van der Waals surface area contributed by atoms with Gasteiger partial charge in [0.15, 0.2) is 0 Å². The van der Waals surface area contributed by atoms with E-state index in [9.17, 15) is 14.7 Å². The maximum Gasteiger partial charge on any atom is 0.407 e. The Bertz CT molecular complexity index is 921. The molecule has 1 aliphatic heterocycles. The van der Waals surface area contributed by atoms with Crippen molar-refractivity contribution in [3.8, 4) is 0 Å². The zero-order valence-electron chi connectivity index (χ0n) is 20.1. The Labute approximate surface area is 206 Å². The molecule has 1 heterocycles. The van der Waals surface area contributed by atoms with Crippen LogP contribution in [-0.2, 0) is 22.6 Å². The molecule has 34 heavy (non-hydrogen) atoms. The zero-order valence-corrected chi connectivity index (χ0v) is 20.9. The monoisotopic (exact) mass is 485 g/mol. The van der Waals surface area contributed by atoms with E-state index in [4.69, 9.17) is 4.74 Å². The number of hydrogen-bond donors (Lipinski definition) is 3. The van der Waals surface area contributed by atoms with Gasteiger partial charge in [-0.05, 0) is 38.3 Å². The lowest BCUT2D eigenvalue weighted by Gasteiger charge is -2.31. The standard InChI is InChI=1S/C26H35N3O4S/c1-26(2,3)28-24(31)22-17-34-18-29(22)15-23(30)21(14-19-10-6-4-7-11-19)27-25(32)33-16-20-12-8-5-9-13-20/h4-13,21-23,30H,14-18H2,1-3H3,(H,27,32)(H,28,31)/t21-,22-,23+/m0/s1. The Morgan fingerprint density at radius 2 is 1.71 bits per heavy atom. The van der Waals surface area contributed by atoms with Crippen LogP contribution < -0.4 is 10.6 Å². The molecule has 8 heteroatoms. The molecule has 0 unspecified atom stereocenters. The summed E-state index contributed by atoms with van der Waals surface area (Å²) in [5.74, 6) is 1.28. The average Bonchev–Trinajstić information content (AvgIpc) is 3.26. The minimum atomic E-state index is -0.881. The number of nitrogens with one attached hydrogen (secondary N) is 2. The molecular formula is C26H35N3O4S. The second-order valence-corrected chi connectivity index (χ2v) is 10.6. The summed E-state index contributed by atoms with van der Waals surface area (Å²) in [6, 6.07) is 18.3. The van der Waals surface area contributed by atoms with Gasteiger partial charge in [0.2, 0.25) is 5.91 Å². The van der Waals surface area contributed by atoms with Gasteiger partial charge < -0.3 is 20.5 Å². The summed E-state index contributed by atoms with van der Waals surface area (Å²) >= 11 is 1.66.